The van der Waals surface area contributed by atoms with Crippen LogP contribution in [0, 0.1) is 0 Å². The van der Waals surface area contributed by atoms with Crippen LogP contribution in [0.5, 0.6) is 0 Å². The van der Waals surface area contributed by atoms with Crippen molar-refractivity contribution in [2.24, 2.45) is 0 Å². The minimum atomic E-state index is 1.07. The highest BCUT2D eigenvalue weighted by Crippen LogP contribution is 2.33. The second-order valence-electron chi connectivity index (χ2n) is 4.13. The summed E-state index contributed by atoms with van der Waals surface area (Å²) in [4.78, 5) is 0. The molecule has 0 spiro atoms. The normalized spacial score (nSPS) is 10.5. The first kappa shape index (κ1) is 11.3. The zero-order valence-electron chi connectivity index (χ0n) is 9.73. The average molecular weight is 298 g/mol. The molecule has 3 aromatic carbocycles. The third-order valence-corrected chi connectivity index (χ3v) is 3.58. The smallest absolute Gasteiger partial charge is 0.0608 e. The van der Waals surface area contributed by atoms with Crippen LogP contribution in [0.15, 0.2) is 71.2 Å². The van der Waals surface area contributed by atoms with Gasteiger partial charge in [-0.25, -0.2) is 0 Å². The van der Waals surface area contributed by atoms with E-state index >= 15 is 0 Å². The van der Waals surface area contributed by atoms with Crippen LogP contribution in [0.2, 0.25) is 0 Å². The van der Waals surface area contributed by atoms with Crippen molar-refractivity contribution in [1.82, 2.24) is 0 Å². The van der Waals surface area contributed by atoms with Crippen molar-refractivity contribution in [2.75, 3.05) is 5.32 Å². The number of fused-ring (bicyclic) bond motifs is 1. The van der Waals surface area contributed by atoms with Crippen LogP contribution in [0.4, 0.5) is 11.4 Å². The Morgan fingerprint density at radius 1 is 0.722 bits per heavy atom. The maximum Gasteiger partial charge on any atom is 0.0608 e. The van der Waals surface area contributed by atoms with Crippen molar-refractivity contribution in [3.8, 4) is 0 Å². The lowest BCUT2D eigenvalue weighted by Crippen LogP contribution is -1.92. The third kappa shape index (κ3) is 2.12. The van der Waals surface area contributed by atoms with Gasteiger partial charge in [-0.2, -0.15) is 0 Å². The number of para-hydroxylation sites is 1. The van der Waals surface area contributed by atoms with E-state index in [-0.39, 0.29) is 0 Å². The molecule has 0 saturated carbocycles. The van der Waals surface area contributed by atoms with Crippen LogP contribution in [0.25, 0.3) is 10.8 Å². The van der Waals surface area contributed by atoms with Gasteiger partial charge in [0.25, 0.3) is 0 Å². The van der Waals surface area contributed by atoms with E-state index in [4.69, 9.17) is 0 Å². The van der Waals surface area contributed by atoms with E-state index < -0.39 is 0 Å². The number of halogens is 1. The van der Waals surface area contributed by atoms with Crippen molar-refractivity contribution in [1.29, 1.82) is 0 Å². The van der Waals surface area contributed by atoms with Crippen LogP contribution in [-0.4, -0.2) is 0 Å². The van der Waals surface area contributed by atoms with Gasteiger partial charge < -0.3 is 5.32 Å². The van der Waals surface area contributed by atoms with E-state index in [0.29, 0.717) is 0 Å². The number of benzene rings is 3. The van der Waals surface area contributed by atoms with Crippen LogP contribution >= 0.6 is 15.9 Å². The summed E-state index contributed by atoms with van der Waals surface area (Å²) in [6, 6.07) is 22.8. The monoisotopic (exact) mass is 297 g/mol. The zero-order valence-corrected chi connectivity index (χ0v) is 11.3. The quantitative estimate of drug-likeness (QED) is 0.673. The lowest BCUT2D eigenvalue weighted by Gasteiger charge is -2.12. The summed E-state index contributed by atoms with van der Waals surface area (Å²) in [5.41, 5.74) is 2.20. The number of nitrogens with one attached hydrogen (secondary N) is 1. The summed E-state index contributed by atoms with van der Waals surface area (Å²) < 4.78 is 1.07. The predicted octanol–water partition coefficient (Wildman–Crippen LogP) is 5.35. The van der Waals surface area contributed by atoms with Gasteiger partial charge in [0.1, 0.15) is 0 Å². The Bertz CT molecular complexity index is 677. The molecule has 0 radical (unpaired) electrons. The molecule has 0 unspecified atom stereocenters. The average Bonchev–Trinajstić information content (AvgIpc) is 2.43. The Hall–Kier alpha value is -1.80. The molecular weight excluding hydrogens is 286 g/mol. The van der Waals surface area contributed by atoms with Gasteiger partial charge in [-0.3, -0.25) is 0 Å². The summed E-state index contributed by atoms with van der Waals surface area (Å²) in [5, 5.41) is 5.92. The molecule has 1 N–H and O–H groups in total. The van der Waals surface area contributed by atoms with Crippen molar-refractivity contribution < 1.29 is 0 Å². The first-order chi connectivity index (χ1) is 8.84. The Morgan fingerprint density at radius 2 is 1.44 bits per heavy atom. The highest BCUT2D eigenvalue weighted by Gasteiger charge is 2.05. The molecule has 2 heteroatoms. The fourth-order valence-electron chi connectivity index (χ4n) is 2.04. The SMILES string of the molecule is Brc1ccc2ccccc2c1Nc1ccccc1. The maximum absolute atomic E-state index is 3.61. The van der Waals surface area contributed by atoms with Gasteiger partial charge in [-0.15, -0.1) is 0 Å². The van der Waals surface area contributed by atoms with E-state index in [1.54, 1.807) is 0 Å². The summed E-state index contributed by atoms with van der Waals surface area (Å²) in [5.74, 6) is 0. The molecule has 0 saturated heterocycles. The molecule has 0 fully saturated rings. The zero-order chi connectivity index (χ0) is 12.4. The van der Waals surface area contributed by atoms with E-state index in [9.17, 15) is 0 Å². The minimum Gasteiger partial charge on any atom is -0.354 e. The molecule has 0 aliphatic carbocycles. The van der Waals surface area contributed by atoms with Crippen molar-refractivity contribution in [2.45, 2.75) is 0 Å². The number of hydrogen-bond acceptors (Lipinski definition) is 1. The highest BCUT2D eigenvalue weighted by molar-refractivity contribution is 9.10. The lowest BCUT2D eigenvalue weighted by atomic mass is 10.1. The van der Waals surface area contributed by atoms with Crippen LogP contribution in [0.1, 0.15) is 0 Å². The summed E-state index contributed by atoms with van der Waals surface area (Å²) >= 11 is 3.61. The molecule has 0 aliphatic rings. The molecule has 0 bridgehead atoms. The van der Waals surface area contributed by atoms with E-state index in [1.165, 1.54) is 10.8 Å². The molecule has 0 atom stereocenters. The Kier molecular flexibility index (Phi) is 3.03. The van der Waals surface area contributed by atoms with Crippen LogP contribution < -0.4 is 5.32 Å². The molecule has 18 heavy (non-hydrogen) atoms. The predicted molar refractivity (Wildman–Crippen MR) is 81.4 cm³/mol. The van der Waals surface area contributed by atoms with Crippen LogP contribution in [0.3, 0.4) is 0 Å². The number of hydrogen-bond donors (Lipinski definition) is 1. The second kappa shape index (κ2) is 4.83. The fourth-order valence-corrected chi connectivity index (χ4v) is 2.48. The summed E-state index contributed by atoms with van der Waals surface area (Å²) in [6.07, 6.45) is 0. The van der Waals surface area contributed by atoms with Crippen molar-refractivity contribution in [3.63, 3.8) is 0 Å². The van der Waals surface area contributed by atoms with Gasteiger partial charge >= 0.3 is 0 Å². The van der Waals surface area contributed by atoms with Gasteiger partial charge in [0, 0.05) is 15.5 Å². The maximum atomic E-state index is 3.61. The second-order valence-corrected chi connectivity index (χ2v) is 4.99. The fraction of sp³-hybridized carbons (Fsp3) is 0. The Labute approximate surface area is 115 Å². The molecule has 0 amide bonds. The molecule has 3 rings (SSSR count). The molecule has 0 aliphatic heterocycles. The van der Waals surface area contributed by atoms with Crippen LogP contribution in [-0.2, 0) is 0 Å². The molecule has 0 aromatic heterocycles. The molecule has 0 heterocycles. The van der Waals surface area contributed by atoms with Gasteiger partial charge in [-0.05, 0) is 39.5 Å². The number of rotatable bonds is 2. The Morgan fingerprint density at radius 3 is 2.28 bits per heavy atom. The topological polar surface area (TPSA) is 12.0 Å². The van der Waals surface area contributed by atoms with Gasteiger partial charge in [0.2, 0.25) is 0 Å². The summed E-state index contributed by atoms with van der Waals surface area (Å²) in [7, 11) is 0. The van der Waals surface area contributed by atoms with E-state index in [2.05, 4.69) is 69.8 Å². The minimum absolute atomic E-state index is 1.07. The van der Waals surface area contributed by atoms with Crippen molar-refractivity contribution in [3.05, 3.63) is 71.2 Å². The Balaban J connectivity index is 2.13. The van der Waals surface area contributed by atoms with Crippen molar-refractivity contribution >= 4 is 38.1 Å². The van der Waals surface area contributed by atoms with Gasteiger partial charge in [0.15, 0.2) is 0 Å². The molecule has 1 nitrogen and oxygen atoms in total. The molecular formula is C16H12BrN. The first-order valence-corrected chi connectivity index (χ1v) is 6.63. The summed E-state index contributed by atoms with van der Waals surface area (Å²) in [6.45, 7) is 0. The van der Waals surface area contributed by atoms with Gasteiger partial charge in [0.05, 0.1) is 5.69 Å². The molecule has 3 aromatic rings. The number of anilines is 2. The lowest BCUT2D eigenvalue weighted by molar-refractivity contribution is 1.55. The largest absolute Gasteiger partial charge is 0.354 e. The van der Waals surface area contributed by atoms with Gasteiger partial charge in [-0.1, -0.05) is 48.5 Å². The molecule has 88 valence electrons. The standard InChI is InChI=1S/C16H12BrN/c17-15-11-10-12-6-4-5-9-14(12)16(15)18-13-7-2-1-3-8-13/h1-11,18H. The van der Waals surface area contributed by atoms with E-state index in [0.717, 1.165) is 15.8 Å². The van der Waals surface area contributed by atoms with E-state index in [1.807, 2.05) is 18.2 Å². The third-order valence-electron chi connectivity index (χ3n) is 2.92. The first-order valence-electron chi connectivity index (χ1n) is 5.84. The highest BCUT2D eigenvalue weighted by atomic mass is 79.9.